The van der Waals surface area contributed by atoms with E-state index in [2.05, 4.69) is 35.9 Å². The van der Waals surface area contributed by atoms with Crippen molar-refractivity contribution in [3.8, 4) is 0 Å². The molecule has 0 radical (unpaired) electrons. The van der Waals surface area contributed by atoms with Crippen molar-refractivity contribution < 1.29 is 0 Å². The number of piperidine rings is 1. The maximum Gasteiger partial charge on any atom is 0.135 e. The molecule has 1 saturated heterocycles. The highest BCUT2D eigenvalue weighted by molar-refractivity contribution is 5.49. The van der Waals surface area contributed by atoms with Crippen LogP contribution in [-0.4, -0.2) is 45.7 Å². The summed E-state index contributed by atoms with van der Waals surface area (Å²) in [5.74, 6) is 1.92. The molecule has 0 unspecified atom stereocenters. The number of nitrogens with zero attached hydrogens (tertiary/aromatic N) is 5. The van der Waals surface area contributed by atoms with Crippen LogP contribution in [0.15, 0.2) is 25.0 Å². The molecule has 2 aliphatic heterocycles. The highest BCUT2D eigenvalue weighted by Gasteiger charge is 2.24. The highest BCUT2D eigenvalue weighted by Crippen LogP contribution is 2.27. The van der Waals surface area contributed by atoms with Gasteiger partial charge in [0.15, 0.2) is 0 Å². The summed E-state index contributed by atoms with van der Waals surface area (Å²) in [5, 5.41) is 3.46. The maximum atomic E-state index is 4.63. The number of hydrogen-bond acceptors (Lipinski definition) is 5. The smallest absolute Gasteiger partial charge is 0.135 e. The molecular formula is C17H24N6. The van der Waals surface area contributed by atoms with Gasteiger partial charge < -0.3 is 14.8 Å². The minimum Gasteiger partial charge on any atom is -0.356 e. The van der Waals surface area contributed by atoms with Crippen molar-refractivity contribution >= 4 is 5.82 Å². The Bertz CT molecular complexity index is 631. The molecule has 2 aliphatic rings. The molecule has 0 bridgehead atoms. The largest absolute Gasteiger partial charge is 0.356 e. The van der Waals surface area contributed by atoms with Crippen LogP contribution in [0.5, 0.6) is 0 Å². The molecule has 0 spiro atoms. The normalized spacial score (nSPS) is 19.4. The summed E-state index contributed by atoms with van der Waals surface area (Å²) in [6.07, 6.45) is 12.1. The molecule has 0 amide bonds. The Labute approximate surface area is 137 Å². The fraction of sp³-hybridized carbons (Fsp3) is 0.588. The van der Waals surface area contributed by atoms with E-state index in [1.54, 1.807) is 6.33 Å². The number of aromatic nitrogens is 4. The molecule has 6 heteroatoms. The summed E-state index contributed by atoms with van der Waals surface area (Å²) < 4.78 is 2.20. The molecule has 0 saturated carbocycles. The maximum absolute atomic E-state index is 4.63. The lowest BCUT2D eigenvalue weighted by Gasteiger charge is -2.34. The Morgan fingerprint density at radius 1 is 1.13 bits per heavy atom. The third-order valence-electron chi connectivity index (χ3n) is 5.04. The molecule has 0 aliphatic carbocycles. The van der Waals surface area contributed by atoms with Gasteiger partial charge in [0.1, 0.15) is 12.1 Å². The van der Waals surface area contributed by atoms with E-state index >= 15 is 0 Å². The van der Waals surface area contributed by atoms with Crippen LogP contribution in [0.2, 0.25) is 0 Å². The molecule has 2 aromatic rings. The summed E-state index contributed by atoms with van der Waals surface area (Å²) >= 11 is 0. The van der Waals surface area contributed by atoms with Crippen LogP contribution in [0, 0.1) is 5.92 Å². The summed E-state index contributed by atoms with van der Waals surface area (Å²) in [5.41, 5.74) is 2.60. The first-order valence-corrected chi connectivity index (χ1v) is 8.64. The Hall–Kier alpha value is -1.95. The predicted octanol–water partition coefficient (Wildman–Crippen LogP) is 1.28. The average Bonchev–Trinajstić information content (AvgIpc) is 2.97. The number of nitrogens with one attached hydrogen (secondary N) is 1. The van der Waals surface area contributed by atoms with Crippen molar-refractivity contribution in [3.05, 3.63) is 36.3 Å². The number of rotatable bonds is 3. The van der Waals surface area contributed by atoms with Crippen LogP contribution >= 0.6 is 0 Å². The van der Waals surface area contributed by atoms with E-state index in [0.29, 0.717) is 0 Å². The minimum atomic E-state index is 0.738. The van der Waals surface area contributed by atoms with Gasteiger partial charge in [0.2, 0.25) is 0 Å². The van der Waals surface area contributed by atoms with E-state index in [9.17, 15) is 0 Å². The fourth-order valence-corrected chi connectivity index (χ4v) is 3.75. The van der Waals surface area contributed by atoms with Crippen LogP contribution in [0.3, 0.4) is 0 Å². The number of hydrogen-bond donors (Lipinski definition) is 1. The lowest BCUT2D eigenvalue weighted by Crippen LogP contribution is -2.36. The number of fused-ring (bicyclic) bond motifs is 1. The highest BCUT2D eigenvalue weighted by atomic mass is 15.2. The van der Waals surface area contributed by atoms with Gasteiger partial charge in [0.05, 0.1) is 12.0 Å². The molecule has 4 heterocycles. The van der Waals surface area contributed by atoms with Crippen LogP contribution in [-0.2, 0) is 19.4 Å². The fourth-order valence-electron chi connectivity index (χ4n) is 3.75. The second-order valence-corrected chi connectivity index (χ2v) is 6.56. The lowest BCUT2D eigenvalue weighted by atomic mass is 9.96. The van der Waals surface area contributed by atoms with Gasteiger partial charge in [-0.15, -0.1) is 0 Å². The van der Waals surface area contributed by atoms with Crippen molar-refractivity contribution in [2.24, 2.45) is 5.92 Å². The van der Waals surface area contributed by atoms with Gasteiger partial charge in [-0.1, -0.05) is 0 Å². The summed E-state index contributed by atoms with van der Waals surface area (Å²) in [6, 6.07) is 0. The predicted molar refractivity (Wildman–Crippen MR) is 89.5 cm³/mol. The first-order chi connectivity index (χ1) is 11.4. The number of anilines is 1. The zero-order valence-electron chi connectivity index (χ0n) is 13.5. The van der Waals surface area contributed by atoms with E-state index in [1.807, 2.05) is 12.5 Å². The van der Waals surface area contributed by atoms with Crippen molar-refractivity contribution in [2.75, 3.05) is 31.1 Å². The second-order valence-electron chi connectivity index (χ2n) is 6.56. The van der Waals surface area contributed by atoms with E-state index in [0.717, 1.165) is 51.5 Å². The zero-order chi connectivity index (χ0) is 15.5. The van der Waals surface area contributed by atoms with E-state index in [4.69, 9.17) is 0 Å². The van der Waals surface area contributed by atoms with Crippen molar-refractivity contribution in [1.82, 2.24) is 24.8 Å². The molecule has 0 aromatic carbocycles. The molecule has 6 nitrogen and oxygen atoms in total. The first kappa shape index (κ1) is 14.6. The van der Waals surface area contributed by atoms with Crippen LogP contribution < -0.4 is 10.2 Å². The van der Waals surface area contributed by atoms with Crippen molar-refractivity contribution in [3.63, 3.8) is 0 Å². The minimum absolute atomic E-state index is 0.738. The van der Waals surface area contributed by atoms with Gasteiger partial charge in [0.25, 0.3) is 0 Å². The zero-order valence-corrected chi connectivity index (χ0v) is 13.5. The van der Waals surface area contributed by atoms with Gasteiger partial charge >= 0.3 is 0 Å². The monoisotopic (exact) mass is 312 g/mol. The van der Waals surface area contributed by atoms with Crippen LogP contribution in [0.4, 0.5) is 5.82 Å². The summed E-state index contributed by atoms with van der Waals surface area (Å²) in [7, 11) is 0. The Balaban J connectivity index is 1.44. The topological polar surface area (TPSA) is 58.9 Å². The van der Waals surface area contributed by atoms with Gasteiger partial charge in [-0.2, -0.15) is 0 Å². The molecule has 122 valence electrons. The molecule has 23 heavy (non-hydrogen) atoms. The Morgan fingerprint density at radius 3 is 2.83 bits per heavy atom. The van der Waals surface area contributed by atoms with Crippen LogP contribution in [0.25, 0.3) is 0 Å². The Morgan fingerprint density at radius 2 is 2.00 bits per heavy atom. The quantitative estimate of drug-likeness (QED) is 0.925. The standard InChI is InChI=1S/C17H24N6/c1-5-18-6-2-16-15(1)17(21-12-20-16)23-8-3-14(4-9-23)11-22-10-7-19-13-22/h7,10,12-14,18H,1-6,8-9,11H2. The van der Waals surface area contributed by atoms with Gasteiger partial charge in [-0.25, -0.2) is 15.0 Å². The lowest BCUT2D eigenvalue weighted by molar-refractivity contribution is 0.355. The summed E-state index contributed by atoms with van der Waals surface area (Å²) in [4.78, 5) is 15.7. The van der Waals surface area contributed by atoms with Gasteiger partial charge in [0, 0.05) is 50.6 Å². The molecular weight excluding hydrogens is 288 g/mol. The van der Waals surface area contributed by atoms with Crippen molar-refractivity contribution in [2.45, 2.75) is 32.2 Å². The van der Waals surface area contributed by atoms with E-state index in [1.165, 1.54) is 29.9 Å². The summed E-state index contributed by atoms with van der Waals surface area (Å²) in [6.45, 7) is 5.33. The van der Waals surface area contributed by atoms with Crippen LogP contribution in [0.1, 0.15) is 24.1 Å². The molecule has 1 fully saturated rings. The molecule has 1 N–H and O–H groups in total. The van der Waals surface area contributed by atoms with Crippen molar-refractivity contribution in [1.29, 1.82) is 0 Å². The first-order valence-electron chi connectivity index (χ1n) is 8.64. The third kappa shape index (κ3) is 3.22. The third-order valence-corrected chi connectivity index (χ3v) is 5.04. The molecule has 2 aromatic heterocycles. The van der Waals surface area contributed by atoms with Gasteiger partial charge in [-0.3, -0.25) is 0 Å². The molecule has 0 atom stereocenters. The van der Waals surface area contributed by atoms with E-state index < -0.39 is 0 Å². The van der Waals surface area contributed by atoms with E-state index in [-0.39, 0.29) is 0 Å². The van der Waals surface area contributed by atoms with Gasteiger partial charge in [-0.05, 0) is 31.7 Å². The SMILES string of the molecule is c1cn(CC2CCN(c3ncnc4c3CCNCC4)CC2)cn1. The second kappa shape index (κ2) is 6.66. The molecule has 4 rings (SSSR count). The average molecular weight is 312 g/mol. The Kier molecular flexibility index (Phi) is 4.24. The number of imidazole rings is 1.